The van der Waals surface area contributed by atoms with Crippen molar-refractivity contribution in [2.45, 2.75) is 39.0 Å². The number of para-hydroxylation sites is 1. The van der Waals surface area contributed by atoms with Crippen molar-refractivity contribution >= 4 is 11.8 Å². The first kappa shape index (κ1) is 14.7. The number of rotatable bonds is 3. The van der Waals surface area contributed by atoms with Gasteiger partial charge in [0, 0.05) is 24.3 Å². The number of carbonyl (C=O) groups is 1. The summed E-state index contributed by atoms with van der Waals surface area (Å²) in [5.74, 6) is 0. The maximum Gasteiger partial charge on any atom is 0.407 e. The van der Waals surface area contributed by atoms with E-state index in [1.165, 1.54) is 0 Å². The summed E-state index contributed by atoms with van der Waals surface area (Å²) in [7, 11) is 0. The summed E-state index contributed by atoms with van der Waals surface area (Å²) in [5.41, 5.74) is 1.46. The van der Waals surface area contributed by atoms with E-state index in [0.29, 0.717) is 0 Å². The van der Waals surface area contributed by atoms with Crippen LogP contribution in [0.4, 0.5) is 10.5 Å². The first-order valence-corrected chi connectivity index (χ1v) is 6.82. The molecule has 0 saturated carbocycles. The maximum absolute atomic E-state index is 11.6. The second-order valence-corrected chi connectivity index (χ2v) is 6.03. The summed E-state index contributed by atoms with van der Waals surface area (Å²) in [6, 6.07) is 7.84. The van der Waals surface area contributed by atoms with Gasteiger partial charge in [-0.15, -0.1) is 0 Å². The lowest BCUT2D eigenvalue weighted by Gasteiger charge is -2.42. The van der Waals surface area contributed by atoms with Gasteiger partial charge in [0.15, 0.2) is 0 Å². The Kier molecular flexibility index (Phi) is 4.18. The molecular formula is C15H22N2O3. The first-order chi connectivity index (χ1) is 9.39. The Morgan fingerprint density at radius 3 is 2.65 bits per heavy atom. The topological polar surface area (TPSA) is 61.8 Å². The molecule has 1 aromatic carbocycles. The number of benzene rings is 1. The summed E-state index contributed by atoms with van der Waals surface area (Å²) >= 11 is 0. The number of nitrogens with zero attached hydrogens (tertiary/aromatic N) is 1. The molecule has 0 bridgehead atoms. The van der Waals surface area contributed by atoms with Gasteiger partial charge in [-0.1, -0.05) is 18.2 Å². The molecule has 5 nitrogen and oxygen atoms in total. The number of ether oxygens (including phenoxy) is 1. The minimum absolute atomic E-state index is 0.0246. The third-order valence-corrected chi connectivity index (χ3v) is 3.11. The van der Waals surface area contributed by atoms with Crippen molar-refractivity contribution in [2.24, 2.45) is 0 Å². The van der Waals surface area contributed by atoms with E-state index in [4.69, 9.17) is 4.74 Å². The molecule has 0 aromatic heterocycles. The minimum atomic E-state index is -0.475. The molecule has 5 heteroatoms. The number of hydrogen-bond acceptors (Lipinski definition) is 4. The van der Waals surface area contributed by atoms with E-state index in [1.807, 2.05) is 45.0 Å². The standard InChI is InChI=1S/C15H22N2O3/c1-15(2,3)20-14(19)16-12-8-17(9-12)13-7-5-4-6-11(13)10-18/h4-7,12,18H,8-10H2,1-3H3,(H,16,19). The average Bonchev–Trinajstić information content (AvgIpc) is 2.31. The molecule has 1 fully saturated rings. The minimum Gasteiger partial charge on any atom is -0.444 e. The van der Waals surface area contributed by atoms with Crippen molar-refractivity contribution in [2.75, 3.05) is 18.0 Å². The lowest BCUT2D eigenvalue weighted by Crippen LogP contribution is -2.60. The molecule has 0 atom stereocenters. The molecule has 2 rings (SSSR count). The second kappa shape index (κ2) is 5.71. The highest BCUT2D eigenvalue weighted by Crippen LogP contribution is 2.25. The Morgan fingerprint density at radius 2 is 2.05 bits per heavy atom. The molecule has 1 saturated heterocycles. The van der Waals surface area contributed by atoms with E-state index >= 15 is 0 Å². The lowest BCUT2D eigenvalue weighted by molar-refractivity contribution is 0.0496. The van der Waals surface area contributed by atoms with E-state index < -0.39 is 5.60 Å². The molecule has 110 valence electrons. The van der Waals surface area contributed by atoms with Crippen LogP contribution in [0.1, 0.15) is 26.3 Å². The van der Waals surface area contributed by atoms with Crippen LogP contribution in [0.3, 0.4) is 0 Å². The Bertz CT molecular complexity index is 476. The van der Waals surface area contributed by atoms with Crippen LogP contribution >= 0.6 is 0 Å². The molecule has 1 heterocycles. The highest BCUT2D eigenvalue weighted by atomic mass is 16.6. The quantitative estimate of drug-likeness (QED) is 0.886. The fourth-order valence-corrected chi connectivity index (χ4v) is 2.19. The van der Waals surface area contributed by atoms with Crippen LogP contribution in [0.15, 0.2) is 24.3 Å². The van der Waals surface area contributed by atoms with Gasteiger partial charge in [0.1, 0.15) is 5.60 Å². The predicted molar refractivity (Wildman–Crippen MR) is 77.7 cm³/mol. The molecule has 2 N–H and O–H groups in total. The molecule has 1 aliphatic heterocycles. The van der Waals surface area contributed by atoms with E-state index in [0.717, 1.165) is 24.3 Å². The molecule has 20 heavy (non-hydrogen) atoms. The van der Waals surface area contributed by atoms with Gasteiger partial charge in [-0.2, -0.15) is 0 Å². The molecule has 0 unspecified atom stereocenters. The van der Waals surface area contributed by atoms with Gasteiger partial charge in [0.25, 0.3) is 0 Å². The summed E-state index contributed by atoms with van der Waals surface area (Å²) in [6.07, 6.45) is -0.377. The van der Waals surface area contributed by atoms with Crippen LogP contribution in [0, 0.1) is 0 Å². The number of nitrogens with one attached hydrogen (secondary N) is 1. The zero-order chi connectivity index (χ0) is 14.8. The summed E-state index contributed by atoms with van der Waals surface area (Å²) in [6.45, 7) is 7.02. The number of alkyl carbamates (subject to hydrolysis) is 1. The Hall–Kier alpha value is -1.75. The van der Waals surface area contributed by atoms with Crippen LogP contribution in [-0.2, 0) is 11.3 Å². The zero-order valence-corrected chi connectivity index (χ0v) is 12.2. The van der Waals surface area contributed by atoms with E-state index in [9.17, 15) is 9.90 Å². The van der Waals surface area contributed by atoms with E-state index in [-0.39, 0.29) is 18.7 Å². The molecule has 0 aliphatic carbocycles. The smallest absolute Gasteiger partial charge is 0.407 e. The predicted octanol–water partition coefficient (Wildman–Crippen LogP) is 1.89. The number of aliphatic hydroxyl groups excluding tert-OH is 1. The van der Waals surface area contributed by atoms with Crippen molar-refractivity contribution in [3.63, 3.8) is 0 Å². The summed E-state index contributed by atoms with van der Waals surface area (Å²) in [4.78, 5) is 13.8. The number of aliphatic hydroxyl groups is 1. The molecule has 0 spiro atoms. The van der Waals surface area contributed by atoms with Gasteiger partial charge in [-0.3, -0.25) is 0 Å². The molecule has 1 aromatic rings. The number of hydrogen-bond donors (Lipinski definition) is 2. The van der Waals surface area contributed by atoms with E-state index in [2.05, 4.69) is 10.2 Å². The Balaban J connectivity index is 1.84. The van der Waals surface area contributed by atoms with Crippen LogP contribution in [-0.4, -0.2) is 35.9 Å². The Morgan fingerprint density at radius 1 is 1.40 bits per heavy atom. The molecule has 1 amide bonds. The van der Waals surface area contributed by atoms with Crippen molar-refractivity contribution in [3.8, 4) is 0 Å². The normalized spacial score (nSPS) is 15.7. The van der Waals surface area contributed by atoms with Gasteiger partial charge < -0.3 is 20.1 Å². The van der Waals surface area contributed by atoms with Crippen molar-refractivity contribution < 1.29 is 14.6 Å². The summed E-state index contributed by atoms with van der Waals surface area (Å²) in [5, 5.41) is 12.2. The largest absolute Gasteiger partial charge is 0.444 e. The number of amides is 1. The van der Waals surface area contributed by atoms with E-state index in [1.54, 1.807) is 0 Å². The van der Waals surface area contributed by atoms with Gasteiger partial charge in [-0.25, -0.2) is 4.79 Å². The monoisotopic (exact) mass is 278 g/mol. The second-order valence-electron chi connectivity index (χ2n) is 6.03. The zero-order valence-electron chi connectivity index (χ0n) is 12.2. The average molecular weight is 278 g/mol. The number of anilines is 1. The third kappa shape index (κ3) is 3.63. The highest BCUT2D eigenvalue weighted by Gasteiger charge is 2.30. The van der Waals surface area contributed by atoms with Crippen molar-refractivity contribution in [3.05, 3.63) is 29.8 Å². The molecular weight excluding hydrogens is 256 g/mol. The Labute approximate surface area is 119 Å². The van der Waals surface area contributed by atoms with Gasteiger partial charge in [0.2, 0.25) is 0 Å². The fourth-order valence-electron chi connectivity index (χ4n) is 2.19. The van der Waals surface area contributed by atoms with Crippen molar-refractivity contribution in [1.29, 1.82) is 0 Å². The van der Waals surface area contributed by atoms with Gasteiger partial charge in [-0.05, 0) is 26.8 Å². The SMILES string of the molecule is CC(C)(C)OC(=O)NC1CN(c2ccccc2CO)C1. The van der Waals surface area contributed by atoms with Crippen LogP contribution in [0.5, 0.6) is 0 Å². The van der Waals surface area contributed by atoms with Gasteiger partial charge >= 0.3 is 6.09 Å². The lowest BCUT2D eigenvalue weighted by atomic mass is 10.1. The first-order valence-electron chi connectivity index (χ1n) is 6.82. The molecule has 0 radical (unpaired) electrons. The fraction of sp³-hybridized carbons (Fsp3) is 0.533. The van der Waals surface area contributed by atoms with Crippen LogP contribution in [0.2, 0.25) is 0 Å². The van der Waals surface area contributed by atoms with Crippen LogP contribution in [0.25, 0.3) is 0 Å². The third-order valence-electron chi connectivity index (χ3n) is 3.11. The van der Waals surface area contributed by atoms with Crippen molar-refractivity contribution in [1.82, 2.24) is 5.32 Å². The summed E-state index contributed by atoms with van der Waals surface area (Å²) < 4.78 is 5.22. The highest BCUT2D eigenvalue weighted by molar-refractivity contribution is 5.69. The molecule has 1 aliphatic rings. The number of carbonyl (C=O) groups excluding carboxylic acids is 1. The van der Waals surface area contributed by atoms with Gasteiger partial charge in [0.05, 0.1) is 12.6 Å². The van der Waals surface area contributed by atoms with Crippen LogP contribution < -0.4 is 10.2 Å². The maximum atomic E-state index is 11.6.